The Morgan fingerprint density at radius 3 is 2.71 bits per heavy atom. The Balaban J connectivity index is 2.34. The fraction of sp³-hybridized carbons (Fsp3) is 0.250. The van der Waals surface area contributed by atoms with Crippen molar-refractivity contribution in [3.8, 4) is 0 Å². The van der Waals surface area contributed by atoms with Crippen molar-refractivity contribution in [1.82, 2.24) is 0 Å². The highest BCUT2D eigenvalue weighted by Crippen LogP contribution is 2.00. The highest BCUT2D eigenvalue weighted by Gasteiger charge is 1.96. The Bertz CT molecular complexity index is 301. The van der Waals surface area contributed by atoms with Gasteiger partial charge in [0.05, 0.1) is 0 Å². The van der Waals surface area contributed by atoms with Gasteiger partial charge < -0.3 is 4.74 Å². The van der Waals surface area contributed by atoms with E-state index in [0.717, 1.165) is 12.0 Å². The number of allylic oxidation sites excluding steroid dienone is 1. The molecule has 0 saturated carbocycles. The maximum atomic E-state index is 11.1. The molecule has 1 aromatic rings. The van der Waals surface area contributed by atoms with Gasteiger partial charge in [-0.15, -0.1) is 0 Å². The van der Waals surface area contributed by atoms with Crippen LogP contribution in [0.3, 0.4) is 0 Å². The van der Waals surface area contributed by atoms with Crippen LogP contribution in [0.4, 0.5) is 0 Å². The van der Waals surface area contributed by atoms with E-state index in [1.165, 1.54) is 6.08 Å². The summed E-state index contributed by atoms with van der Waals surface area (Å²) in [5, 5.41) is 0. The average Bonchev–Trinajstić information content (AvgIpc) is 2.25. The Morgan fingerprint density at radius 2 is 2.07 bits per heavy atom. The number of rotatable bonds is 4. The maximum Gasteiger partial charge on any atom is 0.330 e. The maximum absolute atomic E-state index is 11.1. The van der Waals surface area contributed by atoms with E-state index >= 15 is 0 Å². The standard InChI is InChI=1S/C12H14O2/c1-2-3-9-12(13)14-10-11-7-5-4-6-8-11/h3-9H,2,10H2,1H3. The minimum absolute atomic E-state index is 0.282. The first kappa shape index (κ1) is 10.5. The molecule has 0 fully saturated rings. The fourth-order valence-electron chi connectivity index (χ4n) is 0.991. The van der Waals surface area contributed by atoms with Crippen LogP contribution in [0.1, 0.15) is 18.9 Å². The molecule has 0 radical (unpaired) electrons. The normalized spacial score (nSPS) is 10.4. The Hall–Kier alpha value is -1.57. The van der Waals surface area contributed by atoms with Crippen molar-refractivity contribution in [2.75, 3.05) is 0 Å². The van der Waals surface area contributed by atoms with Gasteiger partial charge in [0.2, 0.25) is 0 Å². The minimum atomic E-state index is -0.282. The van der Waals surface area contributed by atoms with E-state index in [4.69, 9.17) is 4.74 Å². The fourth-order valence-corrected chi connectivity index (χ4v) is 0.991. The molecule has 0 aliphatic heterocycles. The predicted molar refractivity (Wildman–Crippen MR) is 55.7 cm³/mol. The van der Waals surface area contributed by atoms with E-state index in [-0.39, 0.29) is 5.97 Å². The lowest BCUT2D eigenvalue weighted by atomic mass is 10.2. The van der Waals surface area contributed by atoms with E-state index < -0.39 is 0 Å². The average molecular weight is 190 g/mol. The number of ether oxygens (including phenoxy) is 1. The molecular weight excluding hydrogens is 176 g/mol. The molecular formula is C12H14O2. The van der Waals surface area contributed by atoms with E-state index in [9.17, 15) is 4.79 Å². The Kier molecular flexibility index (Phi) is 4.48. The number of hydrogen-bond acceptors (Lipinski definition) is 2. The van der Waals surface area contributed by atoms with Gasteiger partial charge in [0, 0.05) is 6.08 Å². The molecule has 14 heavy (non-hydrogen) atoms. The zero-order valence-corrected chi connectivity index (χ0v) is 8.27. The lowest BCUT2D eigenvalue weighted by Crippen LogP contribution is -2.00. The zero-order chi connectivity index (χ0) is 10.2. The third-order valence-electron chi connectivity index (χ3n) is 1.71. The first-order valence-corrected chi connectivity index (χ1v) is 4.70. The van der Waals surface area contributed by atoms with Crippen molar-refractivity contribution < 1.29 is 9.53 Å². The van der Waals surface area contributed by atoms with Crippen molar-refractivity contribution in [2.45, 2.75) is 20.0 Å². The van der Waals surface area contributed by atoms with Crippen molar-refractivity contribution in [1.29, 1.82) is 0 Å². The Morgan fingerprint density at radius 1 is 1.36 bits per heavy atom. The summed E-state index contributed by atoms with van der Waals surface area (Å²) in [4.78, 5) is 11.1. The second-order valence-electron chi connectivity index (χ2n) is 2.90. The largest absolute Gasteiger partial charge is 0.458 e. The first-order chi connectivity index (χ1) is 6.83. The van der Waals surface area contributed by atoms with Crippen molar-refractivity contribution in [3.63, 3.8) is 0 Å². The third kappa shape index (κ3) is 3.90. The summed E-state index contributed by atoms with van der Waals surface area (Å²) in [6, 6.07) is 9.63. The van der Waals surface area contributed by atoms with Gasteiger partial charge in [-0.1, -0.05) is 43.3 Å². The summed E-state index contributed by atoms with van der Waals surface area (Å²) in [7, 11) is 0. The molecule has 1 aromatic carbocycles. The molecule has 0 spiro atoms. The van der Waals surface area contributed by atoms with Crippen LogP contribution >= 0.6 is 0 Å². The monoisotopic (exact) mass is 190 g/mol. The number of carbonyl (C=O) groups excluding carboxylic acids is 1. The van der Waals surface area contributed by atoms with Gasteiger partial charge >= 0.3 is 5.97 Å². The van der Waals surface area contributed by atoms with E-state index in [1.807, 2.05) is 37.3 Å². The molecule has 0 heterocycles. The van der Waals surface area contributed by atoms with Crippen LogP contribution in [0, 0.1) is 0 Å². The number of carbonyl (C=O) groups is 1. The van der Waals surface area contributed by atoms with Crippen molar-refractivity contribution >= 4 is 5.97 Å². The molecule has 0 aliphatic carbocycles. The van der Waals surface area contributed by atoms with Crippen LogP contribution in [0.15, 0.2) is 42.5 Å². The molecule has 0 bridgehead atoms. The van der Waals surface area contributed by atoms with E-state index in [2.05, 4.69) is 0 Å². The molecule has 74 valence electrons. The van der Waals surface area contributed by atoms with Crippen molar-refractivity contribution in [3.05, 3.63) is 48.0 Å². The topological polar surface area (TPSA) is 26.3 Å². The van der Waals surface area contributed by atoms with Crippen molar-refractivity contribution in [2.24, 2.45) is 0 Å². The molecule has 0 aromatic heterocycles. The number of benzene rings is 1. The third-order valence-corrected chi connectivity index (χ3v) is 1.71. The molecule has 2 heteroatoms. The number of hydrogen-bond donors (Lipinski definition) is 0. The first-order valence-electron chi connectivity index (χ1n) is 4.70. The SMILES string of the molecule is CCC=CC(=O)OCc1ccccc1. The van der Waals surface area contributed by atoms with Crippen LogP contribution < -0.4 is 0 Å². The molecule has 0 atom stereocenters. The molecule has 0 N–H and O–H groups in total. The molecule has 0 aliphatic rings. The number of esters is 1. The lowest BCUT2D eigenvalue weighted by Gasteiger charge is -2.00. The van der Waals surface area contributed by atoms with Gasteiger partial charge in [0.15, 0.2) is 0 Å². The second-order valence-corrected chi connectivity index (χ2v) is 2.90. The smallest absolute Gasteiger partial charge is 0.330 e. The van der Waals surface area contributed by atoms with Gasteiger partial charge in [0.1, 0.15) is 6.61 Å². The van der Waals surface area contributed by atoms with Gasteiger partial charge in [-0.25, -0.2) is 4.79 Å². The van der Waals surface area contributed by atoms with Gasteiger partial charge in [-0.05, 0) is 12.0 Å². The van der Waals surface area contributed by atoms with Crippen LogP contribution in [0.5, 0.6) is 0 Å². The summed E-state index contributed by atoms with van der Waals surface area (Å²) >= 11 is 0. The molecule has 0 amide bonds. The molecule has 1 rings (SSSR count). The predicted octanol–water partition coefficient (Wildman–Crippen LogP) is 2.70. The summed E-state index contributed by atoms with van der Waals surface area (Å²) in [6.45, 7) is 2.31. The van der Waals surface area contributed by atoms with Crippen LogP contribution in [0.25, 0.3) is 0 Å². The van der Waals surface area contributed by atoms with E-state index in [1.54, 1.807) is 6.08 Å². The van der Waals surface area contributed by atoms with E-state index in [0.29, 0.717) is 6.61 Å². The Labute approximate surface area is 84.2 Å². The quantitative estimate of drug-likeness (QED) is 0.539. The van der Waals surface area contributed by atoms with Gasteiger partial charge in [0.25, 0.3) is 0 Å². The molecule has 2 nitrogen and oxygen atoms in total. The van der Waals surface area contributed by atoms with Gasteiger partial charge in [-0.2, -0.15) is 0 Å². The summed E-state index contributed by atoms with van der Waals surface area (Å²) in [5.74, 6) is -0.282. The molecule has 0 saturated heterocycles. The highest BCUT2D eigenvalue weighted by atomic mass is 16.5. The summed E-state index contributed by atoms with van der Waals surface area (Å²) < 4.78 is 5.00. The summed E-state index contributed by atoms with van der Waals surface area (Å²) in [5.41, 5.74) is 1.01. The van der Waals surface area contributed by atoms with Crippen LogP contribution in [-0.4, -0.2) is 5.97 Å². The zero-order valence-electron chi connectivity index (χ0n) is 8.27. The minimum Gasteiger partial charge on any atom is -0.458 e. The lowest BCUT2D eigenvalue weighted by molar-refractivity contribution is -0.139. The highest BCUT2D eigenvalue weighted by molar-refractivity contribution is 5.81. The van der Waals surface area contributed by atoms with Crippen LogP contribution in [0.2, 0.25) is 0 Å². The second kappa shape index (κ2) is 5.97. The van der Waals surface area contributed by atoms with Gasteiger partial charge in [-0.3, -0.25) is 0 Å². The molecule has 0 unspecified atom stereocenters. The van der Waals surface area contributed by atoms with Crippen LogP contribution in [-0.2, 0) is 16.1 Å². The summed E-state index contributed by atoms with van der Waals surface area (Å²) in [6.07, 6.45) is 4.09.